The first-order valence-corrected chi connectivity index (χ1v) is 11.9. The van der Waals surface area contributed by atoms with Crippen LogP contribution in [0.2, 0.25) is 0 Å². The number of anilines is 1. The molecular formula is C23H24F3N5O2S. The van der Waals surface area contributed by atoms with Crippen LogP contribution in [0.1, 0.15) is 53.8 Å². The van der Waals surface area contributed by atoms with Gasteiger partial charge in [-0.1, -0.05) is 11.8 Å². The molecule has 0 aromatic carbocycles. The molecular weight excluding hydrogens is 467 g/mol. The van der Waals surface area contributed by atoms with E-state index in [9.17, 15) is 18.0 Å². The number of furan rings is 1. The second-order valence-electron chi connectivity index (χ2n) is 8.02. The molecule has 1 atom stereocenters. The SMILES string of the molecule is C[C@@H]1CCCCN1c1cc(C(F)(F)F)nc(SCc2ccc(C(=O)NCc3ccncc3)o2)n1. The Morgan fingerprint density at radius 2 is 2.00 bits per heavy atom. The minimum atomic E-state index is -4.57. The maximum atomic E-state index is 13.5. The third-order valence-electron chi connectivity index (χ3n) is 5.51. The highest BCUT2D eigenvalue weighted by Crippen LogP contribution is 2.34. The lowest BCUT2D eigenvalue weighted by molar-refractivity contribution is -0.141. The number of carbonyl (C=O) groups is 1. The number of nitrogens with one attached hydrogen (secondary N) is 1. The lowest BCUT2D eigenvalue weighted by atomic mass is 10.0. The predicted molar refractivity (Wildman–Crippen MR) is 121 cm³/mol. The Bertz CT molecular complexity index is 1120. The maximum absolute atomic E-state index is 13.5. The van der Waals surface area contributed by atoms with Gasteiger partial charge in [-0.15, -0.1) is 0 Å². The fourth-order valence-electron chi connectivity index (χ4n) is 3.69. The summed E-state index contributed by atoms with van der Waals surface area (Å²) in [4.78, 5) is 26.3. The zero-order valence-electron chi connectivity index (χ0n) is 18.5. The molecule has 4 rings (SSSR count). The summed E-state index contributed by atoms with van der Waals surface area (Å²) in [6, 6.07) is 7.86. The summed E-state index contributed by atoms with van der Waals surface area (Å²) in [6.45, 7) is 2.98. The Hall–Kier alpha value is -3.08. The Labute approximate surface area is 199 Å². The van der Waals surface area contributed by atoms with Crippen LogP contribution >= 0.6 is 11.8 Å². The van der Waals surface area contributed by atoms with E-state index in [2.05, 4.69) is 20.3 Å². The Morgan fingerprint density at radius 1 is 1.21 bits per heavy atom. The number of hydrogen-bond acceptors (Lipinski definition) is 7. The molecule has 1 aliphatic rings. The third kappa shape index (κ3) is 6.07. The molecule has 180 valence electrons. The molecule has 34 heavy (non-hydrogen) atoms. The number of amides is 1. The number of carbonyl (C=O) groups excluding carboxylic acids is 1. The summed E-state index contributed by atoms with van der Waals surface area (Å²) in [5, 5.41) is 2.77. The van der Waals surface area contributed by atoms with Gasteiger partial charge in [-0.05, 0) is 56.0 Å². The van der Waals surface area contributed by atoms with Crippen molar-refractivity contribution in [3.05, 3.63) is 65.5 Å². The van der Waals surface area contributed by atoms with E-state index in [-0.39, 0.29) is 34.4 Å². The fraction of sp³-hybridized carbons (Fsp3) is 0.391. The highest BCUT2D eigenvalue weighted by atomic mass is 32.2. The molecule has 3 aromatic heterocycles. The molecule has 0 saturated carbocycles. The Kier molecular flexibility index (Phi) is 7.40. The van der Waals surface area contributed by atoms with Gasteiger partial charge in [-0.3, -0.25) is 9.78 Å². The summed E-state index contributed by atoms with van der Waals surface area (Å²) in [6.07, 6.45) is 1.57. The molecule has 1 amide bonds. The van der Waals surface area contributed by atoms with Crippen molar-refractivity contribution < 1.29 is 22.4 Å². The lowest BCUT2D eigenvalue weighted by Crippen LogP contribution is -2.38. The molecule has 1 aliphatic heterocycles. The van der Waals surface area contributed by atoms with Crippen LogP contribution in [0, 0.1) is 0 Å². The largest absolute Gasteiger partial charge is 0.455 e. The Morgan fingerprint density at radius 3 is 2.74 bits per heavy atom. The number of alkyl halides is 3. The maximum Gasteiger partial charge on any atom is 0.433 e. The Balaban J connectivity index is 1.43. The van der Waals surface area contributed by atoms with Crippen LogP contribution in [-0.4, -0.2) is 33.4 Å². The van der Waals surface area contributed by atoms with E-state index < -0.39 is 11.9 Å². The van der Waals surface area contributed by atoms with Gasteiger partial charge in [0.1, 0.15) is 11.6 Å². The van der Waals surface area contributed by atoms with Gasteiger partial charge in [0.25, 0.3) is 5.91 Å². The average Bonchev–Trinajstić information content (AvgIpc) is 3.31. The van der Waals surface area contributed by atoms with E-state index in [0.29, 0.717) is 18.8 Å². The second kappa shape index (κ2) is 10.5. The molecule has 1 saturated heterocycles. The second-order valence-corrected chi connectivity index (χ2v) is 8.97. The normalized spacial score (nSPS) is 16.5. The number of nitrogens with zero attached hydrogens (tertiary/aromatic N) is 4. The molecule has 0 unspecified atom stereocenters. The molecule has 1 N–H and O–H groups in total. The molecule has 0 bridgehead atoms. The zero-order valence-corrected chi connectivity index (χ0v) is 19.3. The van der Waals surface area contributed by atoms with Crippen molar-refractivity contribution in [2.45, 2.75) is 55.9 Å². The van der Waals surface area contributed by atoms with Gasteiger partial charge in [0.05, 0.1) is 5.75 Å². The molecule has 3 aromatic rings. The van der Waals surface area contributed by atoms with E-state index in [1.165, 1.54) is 6.07 Å². The third-order valence-corrected chi connectivity index (χ3v) is 6.38. The molecule has 11 heteroatoms. The van der Waals surface area contributed by atoms with Crippen molar-refractivity contribution in [2.75, 3.05) is 11.4 Å². The van der Waals surface area contributed by atoms with Gasteiger partial charge >= 0.3 is 6.18 Å². The monoisotopic (exact) mass is 491 g/mol. The van der Waals surface area contributed by atoms with Crippen LogP contribution in [0.4, 0.5) is 19.0 Å². The minimum absolute atomic E-state index is 0.0164. The smallest absolute Gasteiger partial charge is 0.433 e. The standard InChI is InChI=1S/C23H24F3N5O2S/c1-15-4-2-3-11-31(15)20-12-19(23(24,25)26)29-22(30-20)34-14-17-5-6-18(33-17)21(32)28-13-16-7-9-27-10-8-16/h5-10,12,15H,2-4,11,13-14H2,1H3,(H,28,32)/t15-/m1/s1. The van der Waals surface area contributed by atoms with Gasteiger partial charge in [0, 0.05) is 37.6 Å². The summed E-state index contributed by atoms with van der Waals surface area (Å²) in [7, 11) is 0. The van der Waals surface area contributed by atoms with E-state index >= 15 is 0 Å². The lowest BCUT2D eigenvalue weighted by Gasteiger charge is -2.34. The van der Waals surface area contributed by atoms with Crippen LogP contribution in [0.5, 0.6) is 0 Å². The number of halogens is 3. The van der Waals surface area contributed by atoms with Crippen LogP contribution in [0.25, 0.3) is 0 Å². The minimum Gasteiger partial charge on any atom is -0.455 e. The van der Waals surface area contributed by atoms with Gasteiger partial charge in [0.15, 0.2) is 16.6 Å². The number of rotatable bonds is 7. The van der Waals surface area contributed by atoms with E-state index in [1.54, 1.807) is 30.6 Å². The average molecular weight is 492 g/mol. The first kappa shape index (κ1) is 24.1. The van der Waals surface area contributed by atoms with Gasteiger partial charge in [-0.25, -0.2) is 9.97 Å². The molecule has 4 heterocycles. The number of pyridine rings is 1. The van der Waals surface area contributed by atoms with Crippen molar-refractivity contribution >= 4 is 23.5 Å². The van der Waals surface area contributed by atoms with Crippen molar-refractivity contribution in [1.29, 1.82) is 0 Å². The van der Waals surface area contributed by atoms with E-state index in [1.807, 2.05) is 11.8 Å². The van der Waals surface area contributed by atoms with Gasteiger partial charge in [0.2, 0.25) is 0 Å². The van der Waals surface area contributed by atoms with Crippen molar-refractivity contribution in [3.8, 4) is 0 Å². The van der Waals surface area contributed by atoms with Crippen LogP contribution in [0.15, 0.2) is 52.3 Å². The molecule has 7 nitrogen and oxygen atoms in total. The number of aromatic nitrogens is 3. The van der Waals surface area contributed by atoms with Crippen molar-refractivity contribution in [1.82, 2.24) is 20.3 Å². The summed E-state index contributed by atoms with van der Waals surface area (Å²) in [5.74, 6) is 0.649. The molecule has 1 fully saturated rings. The van der Waals surface area contributed by atoms with Gasteiger partial charge in [-0.2, -0.15) is 13.2 Å². The number of hydrogen-bond donors (Lipinski definition) is 1. The summed E-state index contributed by atoms with van der Waals surface area (Å²) in [5.41, 5.74) is -0.0698. The van der Waals surface area contributed by atoms with Crippen LogP contribution in [0.3, 0.4) is 0 Å². The molecule has 0 spiro atoms. The molecule has 0 aliphatic carbocycles. The topological polar surface area (TPSA) is 84.2 Å². The van der Waals surface area contributed by atoms with E-state index in [4.69, 9.17) is 4.42 Å². The summed E-state index contributed by atoms with van der Waals surface area (Å²) >= 11 is 1.04. The van der Waals surface area contributed by atoms with Crippen molar-refractivity contribution in [3.63, 3.8) is 0 Å². The molecule has 0 radical (unpaired) electrons. The number of thioether (sulfide) groups is 1. The predicted octanol–water partition coefficient (Wildman–Crippen LogP) is 5.08. The van der Waals surface area contributed by atoms with Crippen LogP contribution < -0.4 is 10.2 Å². The van der Waals surface area contributed by atoms with E-state index in [0.717, 1.165) is 42.7 Å². The highest BCUT2D eigenvalue weighted by Gasteiger charge is 2.35. The fourth-order valence-corrected chi connectivity index (χ4v) is 4.44. The highest BCUT2D eigenvalue weighted by molar-refractivity contribution is 7.98. The zero-order chi connectivity index (χ0) is 24.1. The number of piperidine rings is 1. The first-order chi connectivity index (χ1) is 16.3. The first-order valence-electron chi connectivity index (χ1n) is 10.9. The van der Waals surface area contributed by atoms with Crippen LogP contribution in [-0.2, 0) is 18.5 Å². The summed E-state index contributed by atoms with van der Waals surface area (Å²) < 4.78 is 46.0. The van der Waals surface area contributed by atoms with Gasteiger partial charge < -0.3 is 14.6 Å². The quantitative estimate of drug-likeness (QED) is 0.364. The van der Waals surface area contributed by atoms with Crippen molar-refractivity contribution in [2.24, 2.45) is 0 Å².